The van der Waals surface area contributed by atoms with Crippen LogP contribution in [0.5, 0.6) is 6.01 Å². The Bertz CT molecular complexity index is 1810. The Morgan fingerprint density at radius 3 is 2.73 bits per heavy atom. The van der Waals surface area contributed by atoms with Crippen molar-refractivity contribution in [2.45, 2.75) is 31.3 Å². The predicted molar refractivity (Wildman–Crippen MR) is 167 cm³/mol. The number of aromatic nitrogens is 2. The Hall–Kier alpha value is -4.33. The Morgan fingerprint density at radius 1 is 1.14 bits per heavy atom. The number of nitrogens with zero attached hydrogens (tertiary/aromatic N) is 6. The zero-order valence-corrected chi connectivity index (χ0v) is 25.0. The van der Waals surface area contributed by atoms with Gasteiger partial charge in [-0.3, -0.25) is 4.79 Å². The summed E-state index contributed by atoms with van der Waals surface area (Å²) >= 11 is 6.39. The van der Waals surface area contributed by atoms with Crippen LogP contribution in [0.3, 0.4) is 0 Å². The Labute approximate surface area is 259 Å². The van der Waals surface area contributed by atoms with Crippen molar-refractivity contribution in [1.82, 2.24) is 19.8 Å². The van der Waals surface area contributed by atoms with Crippen LogP contribution >= 0.6 is 11.6 Å². The average Bonchev–Trinajstić information content (AvgIpc) is 3.45. The zero-order chi connectivity index (χ0) is 31.0. The number of piperazine rings is 1. The fourth-order valence-electron chi connectivity index (χ4n) is 6.27. The number of hydrogen-bond donors (Lipinski definition) is 0. The molecule has 0 saturated carbocycles. The van der Waals surface area contributed by atoms with E-state index in [4.69, 9.17) is 21.3 Å². The van der Waals surface area contributed by atoms with Crippen LogP contribution in [-0.2, 0) is 4.79 Å². The lowest BCUT2D eigenvalue weighted by molar-refractivity contribution is -0.128. The van der Waals surface area contributed by atoms with E-state index in [0.29, 0.717) is 53.8 Å². The SMILES string of the molecule is C=CC(=O)N1CCN(c2nc(OCC3CCCN3C)nc3c(F)c(-c4cccc5ccc(F)c(Cl)c45)ccc23)CC1CC#N. The summed E-state index contributed by atoms with van der Waals surface area (Å²) in [5.41, 5.74) is 0.700. The second-order valence-electron chi connectivity index (χ2n) is 11.2. The van der Waals surface area contributed by atoms with Gasteiger partial charge in [0.15, 0.2) is 5.82 Å². The lowest BCUT2D eigenvalue weighted by Gasteiger charge is -2.41. The lowest BCUT2D eigenvalue weighted by atomic mass is 9.96. The smallest absolute Gasteiger partial charge is 0.319 e. The van der Waals surface area contributed by atoms with Crippen LogP contribution < -0.4 is 9.64 Å². The van der Waals surface area contributed by atoms with E-state index in [9.17, 15) is 14.4 Å². The minimum atomic E-state index is -0.615. The summed E-state index contributed by atoms with van der Waals surface area (Å²) in [6.45, 7) is 5.96. The largest absolute Gasteiger partial charge is 0.462 e. The molecule has 0 spiro atoms. The van der Waals surface area contributed by atoms with E-state index in [0.717, 1.165) is 19.4 Å². The van der Waals surface area contributed by atoms with Crippen LogP contribution in [0.25, 0.3) is 32.8 Å². The van der Waals surface area contributed by atoms with Crippen molar-refractivity contribution in [1.29, 1.82) is 5.26 Å². The molecule has 3 heterocycles. The third kappa shape index (κ3) is 5.42. The molecule has 4 aromatic rings. The first-order valence-corrected chi connectivity index (χ1v) is 14.9. The van der Waals surface area contributed by atoms with Crippen LogP contribution in [0.4, 0.5) is 14.6 Å². The van der Waals surface area contributed by atoms with Crippen molar-refractivity contribution in [3.63, 3.8) is 0 Å². The van der Waals surface area contributed by atoms with Gasteiger partial charge in [0.2, 0.25) is 5.91 Å². The maximum atomic E-state index is 16.6. The number of hydrogen-bond acceptors (Lipinski definition) is 7. The number of amides is 1. The van der Waals surface area contributed by atoms with E-state index in [1.165, 1.54) is 12.1 Å². The summed E-state index contributed by atoms with van der Waals surface area (Å²) in [5.74, 6) is -1.00. The molecule has 1 amide bonds. The van der Waals surface area contributed by atoms with Crippen LogP contribution in [0.2, 0.25) is 5.02 Å². The molecule has 2 atom stereocenters. The van der Waals surface area contributed by atoms with E-state index in [1.54, 1.807) is 41.3 Å². The first-order valence-electron chi connectivity index (χ1n) is 14.6. The molecular weight excluding hydrogens is 586 g/mol. The molecule has 0 bridgehead atoms. The molecule has 226 valence electrons. The van der Waals surface area contributed by atoms with Crippen molar-refractivity contribution >= 4 is 45.0 Å². The second kappa shape index (κ2) is 12.3. The van der Waals surface area contributed by atoms with Crippen LogP contribution in [0.1, 0.15) is 19.3 Å². The number of benzene rings is 3. The van der Waals surface area contributed by atoms with Crippen molar-refractivity contribution in [2.24, 2.45) is 0 Å². The molecule has 0 aliphatic carbocycles. The molecule has 11 heteroatoms. The number of nitriles is 1. The number of rotatable bonds is 7. The maximum absolute atomic E-state index is 16.6. The third-order valence-corrected chi connectivity index (χ3v) is 9.00. The molecule has 2 unspecified atom stereocenters. The normalized spacial score (nSPS) is 19.0. The number of likely N-dealkylation sites (tertiary alicyclic amines) is 1. The van der Waals surface area contributed by atoms with Gasteiger partial charge in [0.05, 0.1) is 23.6 Å². The van der Waals surface area contributed by atoms with E-state index >= 15 is 4.39 Å². The number of ether oxygens (including phenoxy) is 1. The number of carbonyl (C=O) groups is 1. The van der Waals surface area contributed by atoms with Crippen molar-refractivity contribution in [3.05, 3.63) is 71.8 Å². The van der Waals surface area contributed by atoms with Gasteiger partial charge in [-0.2, -0.15) is 15.2 Å². The highest BCUT2D eigenvalue weighted by Gasteiger charge is 2.32. The van der Waals surface area contributed by atoms with E-state index in [1.807, 2.05) is 11.9 Å². The molecule has 2 aliphatic heterocycles. The molecule has 3 aromatic carbocycles. The molecule has 2 saturated heterocycles. The highest BCUT2D eigenvalue weighted by atomic mass is 35.5. The predicted octanol–water partition coefficient (Wildman–Crippen LogP) is 5.97. The lowest BCUT2D eigenvalue weighted by Crippen LogP contribution is -2.55. The fraction of sp³-hybridized carbons (Fsp3) is 0.333. The van der Waals surface area contributed by atoms with Gasteiger partial charge in [-0.25, -0.2) is 8.78 Å². The number of halogens is 3. The van der Waals surface area contributed by atoms with E-state index < -0.39 is 17.7 Å². The molecule has 44 heavy (non-hydrogen) atoms. The number of fused-ring (bicyclic) bond motifs is 2. The minimum absolute atomic E-state index is 0.0345. The topological polar surface area (TPSA) is 85.6 Å². The Kier molecular flexibility index (Phi) is 8.34. The summed E-state index contributed by atoms with van der Waals surface area (Å²) in [5, 5.41) is 10.9. The van der Waals surface area contributed by atoms with Gasteiger partial charge in [0.25, 0.3) is 0 Å². The molecule has 6 rings (SSSR count). The Balaban J connectivity index is 1.47. The molecule has 2 fully saturated rings. The highest BCUT2D eigenvalue weighted by molar-refractivity contribution is 6.37. The number of anilines is 1. The molecular formula is C33H31ClF2N6O2. The van der Waals surface area contributed by atoms with Gasteiger partial charge in [-0.1, -0.05) is 48.5 Å². The van der Waals surface area contributed by atoms with Crippen LogP contribution in [0.15, 0.2) is 55.1 Å². The first-order chi connectivity index (χ1) is 21.3. The minimum Gasteiger partial charge on any atom is -0.462 e. The first kappa shape index (κ1) is 29.7. The maximum Gasteiger partial charge on any atom is 0.319 e. The van der Waals surface area contributed by atoms with E-state index in [-0.39, 0.29) is 40.5 Å². The van der Waals surface area contributed by atoms with Gasteiger partial charge in [0.1, 0.15) is 23.8 Å². The standard InChI is InChI=1S/C33H31ClF2N6O2/c1-3-27(43)42-17-16-41(18-21(42)13-14-37)32-25-11-10-24(23-8-4-6-20-9-12-26(35)29(34)28(20)23)30(36)31(25)38-33(39-32)44-19-22-7-5-15-40(22)2/h3-4,6,8-12,21-22H,1,5,7,13,15-19H2,2H3. The van der Waals surface area contributed by atoms with E-state index in [2.05, 4.69) is 22.5 Å². The highest BCUT2D eigenvalue weighted by Crippen LogP contribution is 2.39. The summed E-state index contributed by atoms with van der Waals surface area (Å²) < 4.78 is 37.3. The van der Waals surface area contributed by atoms with Crippen molar-refractivity contribution in [2.75, 3.05) is 44.7 Å². The molecule has 0 radical (unpaired) electrons. The summed E-state index contributed by atoms with van der Waals surface area (Å²) in [7, 11) is 2.04. The Morgan fingerprint density at radius 2 is 1.98 bits per heavy atom. The third-order valence-electron chi connectivity index (χ3n) is 8.63. The average molecular weight is 617 g/mol. The number of carbonyl (C=O) groups excluding carboxylic acids is 1. The van der Waals surface area contributed by atoms with Gasteiger partial charge < -0.3 is 19.4 Å². The van der Waals surface area contributed by atoms with Crippen molar-refractivity contribution < 1.29 is 18.3 Å². The second-order valence-corrected chi connectivity index (χ2v) is 11.6. The van der Waals surface area contributed by atoms with Gasteiger partial charge in [-0.05, 0) is 55.6 Å². The van der Waals surface area contributed by atoms with Crippen LogP contribution in [-0.4, -0.2) is 77.6 Å². The quantitative estimate of drug-likeness (QED) is 0.237. The zero-order valence-electron chi connectivity index (χ0n) is 24.3. The number of likely N-dealkylation sites (N-methyl/N-ethyl adjacent to an activating group) is 1. The van der Waals surface area contributed by atoms with Crippen LogP contribution in [0, 0.1) is 23.0 Å². The molecule has 0 N–H and O–H groups in total. The monoisotopic (exact) mass is 616 g/mol. The summed E-state index contributed by atoms with van der Waals surface area (Å²) in [6.07, 6.45) is 3.40. The molecule has 2 aliphatic rings. The molecule has 1 aromatic heterocycles. The van der Waals surface area contributed by atoms with Gasteiger partial charge >= 0.3 is 6.01 Å². The van der Waals surface area contributed by atoms with Gasteiger partial charge in [0, 0.05) is 42.0 Å². The fourth-order valence-corrected chi connectivity index (χ4v) is 6.54. The van der Waals surface area contributed by atoms with Gasteiger partial charge in [-0.15, -0.1) is 0 Å². The summed E-state index contributed by atoms with van der Waals surface area (Å²) in [4.78, 5) is 27.6. The summed E-state index contributed by atoms with van der Waals surface area (Å²) in [6, 6.07) is 13.5. The van der Waals surface area contributed by atoms with Crippen molar-refractivity contribution in [3.8, 4) is 23.2 Å². The molecule has 8 nitrogen and oxygen atoms in total.